The standard InChI is InChI=1S/C43H73N3O14/c1-44-35(37(50)30-47)19-16-17-27-45-38(51)25-21-31(41(55)56)29-34(49)23-24-36(43(59)60)46-39(52)26-22-32(42(57)58)28-33(48)18-14-12-10-8-6-4-2-3-5-7-9-11-13-15-20-40(53)54/h31-32,35-36,44,47H,2-30H2,1H3,(H,45,51)(H,46,52)(H,53,54)(H,55,56)(H,57,58)(H,59,60)/t31-,32-,35+,36+/m1/s1. The molecule has 0 aliphatic carbocycles. The first kappa shape index (κ1) is 55.8. The summed E-state index contributed by atoms with van der Waals surface area (Å²) < 4.78 is 0. The Morgan fingerprint density at radius 2 is 0.900 bits per heavy atom. The van der Waals surface area contributed by atoms with Crippen LogP contribution in [0.1, 0.15) is 173 Å². The van der Waals surface area contributed by atoms with Crippen molar-refractivity contribution in [2.45, 2.75) is 185 Å². The second-order valence-electron chi connectivity index (χ2n) is 15.8. The predicted molar refractivity (Wildman–Crippen MR) is 222 cm³/mol. The van der Waals surface area contributed by atoms with E-state index in [1.54, 1.807) is 7.05 Å². The van der Waals surface area contributed by atoms with Gasteiger partial charge < -0.3 is 41.5 Å². The van der Waals surface area contributed by atoms with Gasteiger partial charge in [0.05, 0.1) is 17.9 Å². The van der Waals surface area contributed by atoms with Crippen LogP contribution in [0.5, 0.6) is 0 Å². The van der Waals surface area contributed by atoms with Crippen LogP contribution in [0, 0.1) is 11.8 Å². The summed E-state index contributed by atoms with van der Waals surface area (Å²) >= 11 is 0. The summed E-state index contributed by atoms with van der Waals surface area (Å²) in [6.07, 6.45) is 14.5. The summed E-state index contributed by atoms with van der Waals surface area (Å²) in [5.41, 5.74) is 0. The van der Waals surface area contributed by atoms with Gasteiger partial charge in [0.15, 0.2) is 5.78 Å². The third kappa shape index (κ3) is 30.7. The molecule has 0 unspecified atom stereocenters. The number of nitrogens with one attached hydrogen (secondary N) is 3. The molecule has 2 amide bonds. The fourth-order valence-corrected chi connectivity index (χ4v) is 6.91. The number of rotatable bonds is 42. The molecule has 0 saturated carbocycles. The summed E-state index contributed by atoms with van der Waals surface area (Å²) in [6.45, 7) is -0.273. The van der Waals surface area contributed by atoms with Crippen LogP contribution in [0.15, 0.2) is 0 Å². The highest BCUT2D eigenvalue weighted by atomic mass is 16.4. The number of amides is 2. The summed E-state index contributed by atoms with van der Waals surface area (Å²) in [5.74, 6) is -9.25. The average molecular weight is 856 g/mol. The maximum absolute atomic E-state index is 12.6. The molecular weight excluding hydrogens is 782 g/mol. The first-order chi connectivity index (χ1) is 28.6. The Morgan fingerprint density at radius 1 is 0.450 bits per heavy atom. The van der Waals surface area contributed by atoms with Gasteiger partial charge in [-0.3, -0.25) is 38.4 Å². The van der Waals surface area contributed by atoms with Gasteiger partial charge in [0.2, 0.25) is 11.8 Å². The second kappa shape index (κ2) is 35.5. The number of carboxylic acids is 4. The minimum atomic E-state index is -1.48. The number of aliphatic hydroxyl groups is 1. The Bertz CT molecular complexity index is 1320. The molecule has 17 heteroatoms. The van der Waals surface area contributed by atoms with Crippen molar-refractivity contribution >= 4 is 53.0 Å². The minimum Gasteiger partial charge on any atom is -0.481 e. The zero-order valence-corrected chi connectivity index (χ0v) is 35.7. The van der Waals surface area contributed by atoms with Crippen molar-refractivity contribution in [1.82, 2.24) is 16.0 Å². The molecule has 60 heavy (non-hydrogen) atoms. The number of likely N-dealkylation sites (N-methyl/N-ethyl adjacent to an activating group) is 1. The van der Waals surface area contributed by atoms with Gasteiger partial charge in [-0.2, -0.15) is 0 Å². The molecule has 8 N–H and O–H groups in total. The summed E-state index contributed by atoms with van der Waals surface area (Å²) in [6, 6.07) is -1.97. The highest BCUT2D eigenvalue weighted by Gasteiger charge is 2.27. The molecule has 0 fully saturated rings. The highest BCUT2D eigenvalue weighted by Crippen LogP contribution is 2.18. The van der Waals surface area contributed by atoms with E-state index in [2.05, 4.69) is 16.0 Å². The average Bonchev–Trinajstić information content (AvgIpc) is 3.19. The fourth-order valence-electron chi connectivity index (χ4n) is 6.91. The molecule has 0 aromatic rings. The maximum Gasteiger partial charge on any atom is 0.326 e. The molecule has 0 aromatic heterocycles. The van der Waals surface area contributed by atoms with Crippen molar-refractivity contribution in [3.05, 3.63) is 0 Å². The number of hydrogen-bond donors (Lipinski definition) is 8. The number of aliphatic hydroxyl groups excluding tert-OH is 1. The number of unbranched alkanes of at least 4 members (excludes halogenated alkanes) is 14. The van der Waals surface area contributed by atoms with Crippen LogP contribution in [0.4, 0.5) is 0 Å². The third-order valence-electron chi connectivity index (χ3n) is 10.7. The number of carbonyl (C=O) groups is 9. The number of hydrogen-bond acceptors (Lipinski definition) is 11. The molecule has 0 spiro atoms. The van der Waals surface area contributed by atoms with Gasteiger partial charge in [-0.25, -0.2) is 4.79 Å². The van der Waals surface area contributed by atoms with Crippen LogP contribution >= 0.6 is 0 Å². The van der Waals surface area contributed by atoms with E-state index in [9.17, 15) is 58.5 Å². The summed E-state index contributed by atoms with van der Waals surface area (Å²) in [4.78, 5) is 107. The normalized spacial score (nSPS) is 13.1. The molecule has 0 saturated heterocycles. The van der Waals surface area contributed by atoms with E-state index in [1.165, 1.54) is 25.7 Å². The van der Waals surface area contributed by atoms with E-state index in [1.807, 2.05) is 0 Å². The number of Topliss-reactive ketones (excluding diaryl/α,β-unsaturated/α-hetero) is 3. The number of carboxylic acid groups (broad SMARTS) is 4. The van der Waals surface area contributed by atoms with E-state index < -0.39 is 78.4 Å². The summed E-state index contributed by atoms with van der Waals surface area (Å²) in [7, 11) is 1.61. The molecule has 4 atom stereocenters. The molecule has 0 aliphatic rings. The Balaban J connectivity index is 4.38. The molecule has 0 rings (SSSR count). The molecule has 0 heterocycles. The van der Waals surface area contributed by atoms with E-state index in [0.717, 1.165) is 57.8 Å². The number of aliphatic carboxylic acids is 4. The Morgan fingerprint density at radius 3 is 1.33 bits per heavy atom. The summed E-state index contributed by atoms with van der Waals surface area (Å²) in [5, 5.41) is 54.2. The van der Waals surface area contributed by atoms with Crippen molar-refractivity contribution < 1.29 is 68.7 Å². The maximum atomic E-state index is 12.6. The lowest BCUT2D eigenvalue weighted by Crippen LogP contribution is -2.41. The van der Waals surface area contributed by atoms with E-state index in [4.69, 9.17) is 10.2 Å². The minimum absolute atomic E-state index is 0.129. The molecule has 17 nitrogen and oxygen atoms in total. The molecule has 344 valence electrons. The van der Waals surface area contributed by atoms with Crippen LogP contribution < -0.4 is 16.0 Å². The van der Waals surface area contributed by atoms with Crippen molar-refractivity contribution in [2.24, 2.45) is 11.8 Å². The van der Waals surface area contributed by atoms with E-state index in [0.29, 0.717) is 32.2 Å². The lowest BCUT2D eigenvalue weighted by molar-refractivity contribution is -0.145. The van der Waals surface area contributed by atoms with Gasteiger partial charge >= 0.3 is 23.9 Å². The Labute approximate surface area is 354 Å². The molecular formula is C43H73N3O14. The van der Waals surface area contributed by atoms with Crippen LogP contribution in [-0.2, 0) is 43.2 Å². The van der Waals surface area contributed by atoms with Crippen molar-refractivity contribution in [3.8, 4) is 0 Å². The SMILES string of the molecule is CN[C@@H](CCCCNC(=O)CC[C@H](CC(=O)CC[C@H](NC(=O)CC[C@H](CC(=O)CCCCCCCCCCCCCCCCC(=O)O)C(=O)O)C(=O)O)C(=O)O)C(=O)CO. The Kier molecular flexibility index (Phi) is 33.0. The first-order valence-electron chi connectivity index (χ1n) is 21.9. The second-order valence-corrected chi connectivity index (χ2v) is 15.8. The van der Waals surface area contributed by atoms with Gasteiger partial charge in [-0.05, 0) is 58.4 Å². The zero-order chi connectivity index (χ0) is 45.1. The largest absolute Gasteiger partial charge is 0.481 e. The first-order valence-corrected chi connectivity index (χ1v) is 21.9. The fraction of sp³-hybridized carbons (Fsp3) is 0.791. The Hall–Kier alpha value is -4.25. The van der Waals surface area contributed by atoms with Crippen LogP contribution in [-0.4, -0.2) is 111 Å². The monoisotopic (exact) mass is 856 g/mol. The van der Waals surface area contributed by atoms with Gasteiger partial charge in [0, 0.05) is 51.5 Å². The lowest BCUT2D eigenvalue weighted by Gasteiger charge is -2.16. The number of carbonyl (C=O) groups excluding carboxylic acids is 5. The lowest BCUT2D eigenvalue weighted by atomic mass is 9.94. The van der Waals surface area contributed by atoms with Gasteiger partial charge in [0.1, 0.15) is 24.2 Å². The van der Waals surface area contributed by atoms with Gasteiger partial charge in [0.25, 0.3) is 0 Å². The third-order valence-corrected chi connectivity index (χ3v) is 10.7. The smallest absolute Gasteiger partial charge is 0.326 e. The van der Waals surface area contributed by atoms with Crippen LogP contribution in [0.2, 0.25) is 0 Å². The molecule has 0 bridgehead atoms. The van der Waals surface area contributed by atoms with Crippen molar-refractivity contribution in [3.63, 3.8) is 0 Å². The van der Waals surface area contributed by atoms with Crippen LogP contribution in [0.25, 0.3) is 0 Å². The van der Waals surface area contributed by atoms with E-state index in [-0.39, 0.29) is 69.4 Å². The predicted octanol–water partition coefficient (Wildman–Crippen LogP) is 4.98. The molecule has 0 radical (unpaired) electrons. The van der Waals surface area contributed by atoms with Gasteiger partial charge in [-0.15, -0.1) is 0 Å². The van der Waals surface area contributed by atoms with Crippen molar-refractivity contribution in [2.75, 3.05) is 20.2 Å². The van der Waals surface area contributed by atoms with Crippen molar-refractivity contribution in [1.29, 1.82) is 0 Å². The highest BCUT2D eigenvalue weighted by molar-refractivity contribution is 5.87. The molecule has 0 aliphatic heterocycles. The molecule has 0 aromatic carbocycles. The topological polar surface area (TPSA) is 291 Å². The zero-order valence-electron chi connectivity index (χ0n) is 35.7. The van der Waals surface area contributed by atoms with Crippen LogP contribution in [0.3, 0.4) is 0 Å². The van der Waals surface area contributed by atoms with Gasteiger partial charge in [-0.1, -0.05) is 77.0 Å². The quantitative estimate of drug-likeness (QED) is 0.0376. The number of ketones is 3. The van der Waals surface area contributed by atoms with E-state index >= 15 is 0 Å².